The molecule has 0 bridgehead atoms. The Hall–Kier alpha value is -0.980. The number of aryl methyl sites for hydroxylation is 1. The summed E-state index contributed by atoms with van der Waals surface area (Å²) in [5.41, 5.74) is 2.75. The van der Waals surface area contributed by atoms with E-state index in [0.29, 0.717) is 0 Å². The standard InChI is InChI=1S/C12H19N/c1-4-5-7-11-8-6-9-12(10-11)13(2)3/h6,8-10H,4-5,7H2,1-3H3. The Labute approximate surface area is 81.4 Å². The zero-order chi connectivity index (χ0) is 9.68. The minimum atomic E-state index is 1.21. The minimum Gasteiger partial charge on any atom is -0.378 e. The van der Waals surface area contributed by atoms with Gasteiger partial charge in [0, 0.05) is 19.8 Å². The van der Waals surface area contributed by atoms with Crippen molar-refractivity contribution in [2.24, 2.45) is 0 Å². The molecule has 0 amide bonds. The van der Waals surface area contributed by atoms with Crippen LogP contribution in [0.4, 0.5) is 5.69 Å². The molecule has 0 fully saturated rings. The molecule has 0 radical (unpaired) electrons. The van der Waals surface area contributed by atoms with E-state index in [1.807, 2.05) is 0 Å². The third-order valence-electron chi connectivity index (χ3n) is 2.25. The van der Waals surface area contributed by atoms with Crippen LogP contribution in [0.3, 0.4) is 0 Å². The molecule has 1 nitrogen and oxygen atoms in total. The second kappa shape index (κ2) is 4.90. The van der Waals surface area contributed by atoms with Crippen molar-refractivity contribution in [1.82, 2.24) is 0 Å². The average molecular weight is 177 g/mol. The molecule has 0 aliphatic rings. The van der Waals surface area contributed by atoms with Crippen molar-refractivity contribution in [1.29, 1.82) is 0 Å². The van der Waals surface area contributed by atoms with Crippen molar-refractivity contribution in [2.45, 2.75) is 26.2 Å². The lowest BCUT2D eigenvalue weighted by molar-refractivity contribution is 0.795. The number of hydrogen-bond donors (Lipinski definition) is 0. The van der Waals surface area contributed by atoms with Crippen LogP contribution in [0.15, 0.2) is 24.3 Å². The van der Waals surface area contributed by atoms with Crippen molar-refractivity contribution in [3.63, 3.8) is 0 Å². The summed E-state index contributed by atoms with van der Waals surface area (Å²) in [6.07, 6.45) is 3.77. The Bertz CT molecular complexity index is 253. The Balaban J connectivity index is 2.68. The monoisotopic (exact) mass is 177 g/mol. The first-order chi connectivity index (χ1) is 6.24. The van der Waals surface area contributed by atoms with Gasteiger partial charge in [0.25, 0.3) is 0 Å². The summed E-state index contributed by atoms with van der Waals surface area (Å²) >= 11 is 0. The van der Waals surface area contributed by atoms with Crippen LogP contribution in [0.1, 0.15) is 25.3 Å². The lowest BCUT2D eigenvalue weighted by Gasteiger charge is -2.13. The fraction of sp³-hybridized carbons (Fsp3) is 0.500. The van der Waals surface area contributed by atoms with Crippen LogP contribution < -0.4 is 4.90 Å². The van der Waals surface area contributed by atoms with Gasteiger partial charge < -0.3 is 4.90 Å². The summed E-state index contributed by atoms with van der Waals surface area (Å²) in [6.45, 7) is 2.23. The Kier molecular flexibility index (Phi) is 3.81. The van der Waals surface area contributed by atoms with E-state index in [0.717, 1.165) is 0 Å². The maximum Gasteiger partial charge on any atom is 0.0363 e. The van der Waals surface area contributed by atoms with Crippen LogP contribution in [-0.4, -0.2) is 14.1 Å². The molecule has 1 heteroatoms. The summed E-state index contributed by atoms with van der Waals surface area (Å²) in [6, 6.07) is 8.77. The molecule has 0 aromatic heterocycles. The van der Waals surface area contributed by atoms with Gasteiger partial charge in [0.1, 0.15) is 0 Å². The Morgan fingerprint density at radius 1 is 1.23 bits per heavy atom. The maximum absolute atomic E-state index is 2.27. The van der Waals surface area contributed by atoms with Gasteiger partial charge in [-0.15, -0.1) is 0 Å². The van der Waals surface area contributed by atoms with E-state index in [2.05, 4.69) is 50.2 Å². The smallest absolute Gasteiger partial charge is 0.0363 e. The molecule has 1 rings (SSSR count). The van der Waals surface area contributed by atoms with Crippen LogP contribution >= 0.6 is 0 Å². The Morgan fingerprint density at radius 3 is 2.62 bits per heavy atom. The fourth-order valence-corrected chi connectivity index (χ4v) is 1.37. The number of unbranched alkanes of at least 4 members (excludes halogenated alkanes) is 1. The van der Waals surface area contributed by atoms with Gasteiger partial charge in [-0.05, 0) is 30.5 Å². The van der Waals surface area contributed by atoms with E-state index in [4.69, 9.17) is 0 Å². The topological polar surface area (TPSA) is 3.24 Å². The van der Waals surface area contributed by atoms with Gasteiger partial charge in [-0.25, -0.2) is 0 Å². The zero-order valence-corrected chi connectivity index (χ0v) is 8.88. The number of benzene rings is 1. The minimum absolute atomic E-state index is 1.21. The number of nitrogens with zero attached hydrogens (tertiary/aromatic N) is 1. The predicted molar refractivity (Wildman–Crippen MR) is 59.4 cm³/mol. The molecular weight excluding hydrogens is 158 g/mol. The van der Waals surface area contributed by atoms with Crippen LogP contribution in [0, 0.1) is 0 Å². The van der Waals surface area contributed by atoms with Gasteiger partial charge in [0.15, 0.2) is 0 Å². The number of rotatable bonds is 4. The van der Waals surface area contributed by atoms with Gasteiger partial charge >= 0.3 is 0 Å². The predicted octanol–water partition coefficient (Wildman–Crippen LogP) is 3.10. The van der Waals surface area contributed by atoms with Crippen molar-refractivity contribution in [3.8, 4) is 0 Å². The van der Waals surface area contributed by atoms with Gasteiger partial charge in [0.05, 0.1) is 0 Å². The highest BCUT2D eigenvalue weighted by Gasteiger charge is 1.96. The third-order valence-corrected chi connectivity index (χ3v) is 2.25. The first-order valence-electron chi connectivity index (χ1n) is 5.00. The van der Waals surface area contributed by atoms with Crippen LogP contribution in [0.5, 0.6) is 0 Å². The molecule has 1 aromatic rings. The molecule has 0 saturated heterocycles. The first-order valence-corrected chi connectivity index (χ1v) is 5.00. The third kappa shape index (κ3) is 3.10. The van der Waals surface area contributed by atoms with Crippen molar-refractivity contribution < 1.29 is 0 Å². The second-order valence-corrected chi connectivity index (χ2v) is 3.67. The fourth-order valence-electron chi connectivity index (χ4n) is 1.37. The molecule has 0 aliphatic heterocycles. The summed E-state index contributed by atoms with van der Waals surface area (Å²) in [7, 11) is 4.16. The summed E-state index contributed by atoms with van der Waals surface area (Å²) in [5, 5.41) is 0. The van der Waals surface area contributed by atoms with Crippen LogP contribution in [-0.2, 0) is 6.42 Å². The van der Waals surface area contributed by atoms with E-state index >= 15 is 0 Å². The quantitative estimate of drug-likeness (QED) is 0.683. The van der Waals surface area contributed by atoms with Crippen LogP contribution in [0.25, 0.3) is 0 Å². The van der Waals surface area contributed by atoms with Crippen molar-refractivity contribution in [2.75, 3.05) is 19.0 Å². The highest BCUT2D eigenvalue weighted by Crippen LogP contribution is 2.14. The van der Waals surface area contributed by atoms with Gasteiger partial charge in [-0.3, -0.25) is 0 Å². The lowest BCUT2D eigenvalue weighted by Crippen LogP contribution is -2.08. The molecule has 0 spiro atoms. The lowest BCUT2D eigenvalue weighted by atomic mass is 10.1. The molecule has 0 N–H and O–H groups in total. The molecule has 0 saturated carbocycles. The van der Waals surface area contributed by atoms with E-state index in [1.165, 1.54) is 30.5 Å². The normalized spacial score (nSPS) is 10.1. The average Bonchev–Trinajstić information content (AvgIpc) is 2.15. The SMILES string of the molecule is CCCCc1cccc(N(C)C)c1. The summed E-state index contributed by atoms with van der Waals surface area (Å²) in [4.78, 5) is 2.15. The molecule has 0 atom stereocenters. The van der Waals surface area contributed by atoms with E-state index in [9.17, 15) is 0 Å². The molecule has 0 heterocycles. The van der Waals surface area contributed by atoms with Crippen molar-refractivity contribution >= 4 is 5.69 Å². The van der Waals surface area contributed by atoms with Crippen LogP contribution in [0.2, 0.25) is 0 Å². The van der Waals surface area contributed by atoms with Gasteiger partial charge in [-0.2, -0.15) is 0 Å². The van der Waals surface area contributed by atoms with E-state index < -0.39 is 0 Å². The zero-order valence-electron chi connectivity index (χ0n) is 8.88. The first kappa shape index (κ1) is 10.1. The molecular formula is C12H19N. The van der Waals surface area contributed by atoms with Crippen molar-refractivity contribution in [3.05, 3.63) is 29.8 Å². The summed E-state index contributed by atoms with van der Waals surface area (Å²) in [5.74, 6) is 0. The largest absolute Gasteiger partial charge is 0.378 e. The maximum atomic E-state index is 2.27. The molecule has 13 heavy (non-hydrogen) atoms. The van der Waals surface area contributed by atoms with E-state index in [1.54, 1.807) is 0 Å². The molecule has 1 aromatic carbocycles. The number of anilines is 1. The number of hydrogen-bond acceptors (Lipinski definition) is 1. The molecule has 72 valence electrons. The second-order valence-electron chi connectivity index (χ2n) is 3.67. The highest BCUT2D eigenvalue weighted by molar-refractivity contribution is 5.47. The van der Waals surface area contributed by atoms with Gasteiger partial charge in [-0.1, -0.05) is 25.5 Å². The molecule has 0 unspecified atom stereocenters. The molecule has 0 aliphatic carbocycles. The summed E-state index contributed by atoms with van der Waals surface area (Å²) < 4.78 is 0. The highest BCUT2D eigenvalue weighted by atomic mass is 15.1. The van der Waals surface area contributed by atoms with E-state index in [-0.39, 0.29) is 0 Å². The Morgan fingerprint density at radius 2 is 2.00 bits per heavy atom. The van der Waals surface area contributed by atoms with Gasteiger partial charge in [0.2, 0.25) is 0 Å².